The number of nitrogens with zero attached hydrogens (tertiary/aromatic N) is 3. The molecule has 0 fully saturated rings. The Bertz CT molecular complexity index is 876. The predicted molar refractivity (Wildman–Crippen MR) is 96.9 cm³/mol. The summed E-state index contributed by atoms with van der Waals surface area (Å²) in [6.45, 7) is 4.10. The van der Waals surface area contributed by atoms with Gasteiger partial charge in [-0.2, -0.15) is 0 Å². The summed E-state index contributed by atoms with van der Waals surface area (Å²) in [5, 5.41) is 20.4. The Balaban J connectivity index is 2.09. The average Bonchev–Trinajstić information content (AvgIpc) is 2.95. The van der Waals surface area contributed by atoms with E-state index < -0.39 is 4.92 Å². The molecule has 140 valence electrons. The van der Waals surface area contributed by atoms with E-state index in [1.807, 2.05) is 6.92 Å². The second-order valence-electron chi connectivity index (χ2n) is 5.40. The summed E-state index contributed by atoms with van der Waals surface area (Å²) in [5.41, 5.74) is 0.479. The first-order valence-electron chi connectivity index (χ1n) is 7.78. The number of rotatable bonds is 8. The highest BCUT2D eigenvalue weighted by molar-refractivity contribution is 7.99. The Morgan fingerprint density at radius 3 is 2.85 bits per heavy atom. The molecule has 0 aliphatic carbocycles. The highest BCUT2D eigenvalue weighted by Gasteiger charge is 2.18. The van der Waals surface area contributed by atoms with Crippen molar-refractivity contribution in [1.82, 2.24) is 14.8 Å². The van der Waals surface area contributed by atoms with E-state index in [1.165, 1.54) is 23.8 Å². The first-order chi connectivity index (χ1) is 12.4. The van der Waals surface area contributed by atoms with Crippen molar-refractivity contribution in [2.75, 3.05) is 18.2 Å². The van der Waals surface area contributed by atoms with Crippen molar-refractivity contribution in [3.8, 4) is 5.75 Å². The third kappa shape index (κ3) is 4.42. The van der Waals surface area contributed by atoms with E-state index in [9.17, 15) is 19.7 Å². The molecule has 1 aromatic carbocycles. The summed E-state index contributed by atoms with van der Waals surface area (Å²) in [7, 11) is 1.32. The van der Waals surface area contributed by atoms with Gasteiger partial charge in [-0.3, -0.25) is 19.5 Å². The van der Waals surface area contributed by atoms with Gasteiger partial charge in [-0.1, -0.05) is 18.7 Å². The average molecular weight is 381 g/mol. The van der Waals surface area contributed by atoms with Crippen LogP contribution in [-0.2, 0) is 11.3 Å². The van der Waals surface area contributed by atoms with Crippen LogP contribution in [0.5, 0.6) is 5.75 Å². The number of ether oxygens (including phenoxy) is 1. The number of H-pyrrole nitrogens is 1. The zero-order chi connectivity index (χ0) is 19.3. The Hall–Kier alpha value is -2.82. The Morgan fingerprint density at radius 1 is 1.50 bits per heavy atom. The Labute approximate surface area is 153 Å². The number of aromatic amines is 1. The molecule has 1 aromatic heterocycles. The highest BCUT2D eigenvalue weighted by atomic mass is 32.2. The van der Waals surface area contributed by atoms with Crippen LogP contribution < -0.4 is 15.7 Å². The van der Waals surface area contributed by atoms with Crippen LogP contribution in [0.2, 0.25) is 0 Å². The lowest BCUT2D eigenvalue weighted by molar-refractivity contribution is -0.385. The normalized spacial score (nSPS) is 10.6. The van der Waals surface area contributed by atoms with Crippen molar-refractivity contribution in [2.24, 2.45) is 0 Å². The Kier molecular flexibility index (Phi) is 6.39. The molecule has 0 radical (unpaired) electrons. The molecule has 0 bridgehead atoms. The fourth-order valence-electron chi connectivity index (χ4n) is 2.26. The lowest BCUT2D eigenvalue weighted by Crippen LogP contribution is -2.19. The van der Waals surface area contributed by atoms with Gasteiger partial charge in [-0.05, 0) is 18.9 Å². The van der Waals surface area contributed by atoms with Gasteiger partial charge in [-0.25, -0.2) is 9.89 Å². The number of nitro groups is 1. The number of hydrogen-bond donors (Lipinski definition) is 2. The van der Waals surface area contributed by atoms with E-state index in [-0.39, 0.29) is 28.8 Å². The van der Waals surface area contributed by atoms with E-state index in [0.29, 0.717) is 23.0 Å². The standard InChI is InChI=1S/C15H19N5O5S/c1-4-5-19-14(22)17-18-15(19)26-8-13(21)16-10-7-12(25-3)11(20(23)24)6-9(10)2/h6-7H,4-5,8H2,1-3H3,(H,16,21)(H,17,22). The van der Waals surface area contributed by atoms with Crippen molar-refractivity contribution in [3.63, 3.8) is 0 Å². The summed E-state index contributed by atoms with van der Waals surface area (Å²) in [6, 6.07) is 2.76. The van der Waals surface area contributed by atoms with Crippen LogP contribution in [0.1, 0.15) is 18.9 Å². The number of anilines is 1. The molecular weight excluding hydrogens is 362 g/mol. The van der Waals surface area contributed by atoms with Crippen LogP contribution in [0.3, 0.4) is 0 Å². The molecule has 0 aliphatic heterocycles. The minimum absolute atomic E-state index is 0.0345. The molecule has 0 saturated carbocycles. The van der Waals surface area contributed by atoms with Gasteiger partial charge in [0, 0.05) is 24.4 Å². The van der Waals surface area contributed by atoms with E-state index in [1.54, 1.807) is 6.92 Å². The van der Waals surface area contributed by atoms with Gasteiger partial charge in [0.05, 0.1) is 17.8 Å². The monoisotopic (exact) mass is 381 g/mol. The zero-order valence-electron chi connectivity index (χ0n) is 14.6. The topological polar surface area (TPSA) is 132 Å². The minimum atomic E-state index is -0.544. The number of thioether (sulfide) groups is 1. The maximum atomic E-state index is 12.2. The van der Waals surface area contributed by atoms with Crippen LogP contribution in [0.25, 0.3) is 0 Å². The van der Waals surface area contributed by atoms with Gasteiger partial charge in [-0.15, -0.1) is 5.10 Å². The maximum absolute atomic E-state index is 12.2. The van der Waals surface area contributed by atoms with Gasteiger partial charge in [0.15, 0.2) is 10.9 Å². The van der Waals surface area contributed by atoms with E-state index in [4.69, 9.17) is 4.74 Å². The van der Waals surface area contributed by atoms with E-state index in [0.717, 1.165) is 18.2 Å². The number of carbonyl (C=O) groups is 1. The molecule has 0 unspecified atom stereocenters. The highest BCUT2D eigenvalue weighted by Crippen LogP contribution is 2.32. The number of hydrogen-bond acceptors (Lipinski definition) is 7. The molecule has 10 nitrogen and oxygen atoms in total. The molecule has 0 aliphatic rings. The summed E-state index contributed by atoms with van der Waals surface area (Å²) < 4.78 is 6.48. The lowest BCUT2D eigenvalue weighted by Gasteiger charge is -2.10. The maximum Gasteiger partial charge on any atom is 0.343 e. The van der Waals surface area contributed by atoms with Crippen molar-refractivity contribution in [3.05, 3.63) is 38.3 Å². The number of nitro benzene ring substituents is 1. The number of aromatic nitrogens is 3. The van der Waals surface area contributed by atoms with Crippen LogP contribution in [-0.4, -0.2) is 38.5 Å². The number of amides is 1. The van der Waals surface area contributed by atoms with Gasteiger partial charge < -0.3 is 10.1 Å². The molecule has 2 rings (SSSR count). The van der Waals surface area contributed by atoms with Crippen LogP contribution in [0.4, 0.5) is 11.4 Å². The molecule has 11 heteroatoms. The number of carbonyl (C=O) groups excluding carboxylic acids is 1. The van der Waals surface area contributed by atoms with Gasteiger partial charge in [0.2, 0.25) is 5.91 Å². The lowest BCUT2D eigenvalue weighted by atomic mass is 10.1. The molecule has 0 spiro atoms. The largest absolute Gasteiger partial charge is 0.490 e. The fraction of sp³-hybridized carbons (Fsp3) is 0.400. The van der Waals surface area contributed by atoms with E-state index in [2.05, 4.69) is 15.5 Å². The number of benzene rings is 1. The molecule has 0 atom stereocenters. The SMILES string of the molecule is CCCn1c(SCC(=O)Nc2cc(OC)c([N+](=O)[O-])cc2C)n[nH]c1=O. The van der Waals surface area contributed by atoms with Gasteiger partial charge in [0.25, 0.3) is 0 Å². The van der Waals surface area contributed by atoms with Gasteiger partial charge in [0.1, 0.15) is 0 Å². The number of methoxy groups -OCH3 is 1. The second kappa shape index (κ2) is 8.52. The molecular formula is C15H19N5O5S. The van der Waals surface area contributed by atoms with Crippen molar-refractivity contribution in [2.45, 2.75) is 32.0 Å². The summed E-state index contributed by atoms with van der Waals surface area (Å²) in [6.07, 6.45) is 0.765. The Morgan fingerprint density at radius 2 is 2.23 bits per heavy atom. The molecule has 2 N–H and O–H groups in total. The third-order valence-electron chi connectivity index (χ3n) is 3.50. The zero-order valence-corrected chi connectivity index (χ0v) is 15.4. The van der Waals surface area contributed by atoms with Crippen LogP contribution in [0, 0.1) is 17.0 Å². The summed E-state index contributed by atoms with van der Waals surface area (Å²) in [4.78, 5) is 34.3. The summed E-state index contributed by atoms with van der Waals surface area (Å²) >= 11 is 1.13. The van der Waals surface area contributed by atoms with Crippen molar-refractivity contribution < 1.29 is 14.5 Å². The second-order valence-corrected chi connectivity index (χ2v) is 6.34. The van der Waals surface area contributed by atoms with Crippen LogP contribution >= 0.6 is 11.8 Å². The predicted octanol–water partition coefficient (Wildman–Crippen LogP) is 1.94. The molecule has 1 amide bonds. The van der Waals surface area contributed by atoms with Gasteiger partial charge >= 0.3 is 11.4 Å². The molecule has 26 heavy (non-hydrogen) atoms. The molecule has 2 aromatic rings. The first kappa shape index (κ1) is 19.5. The minimum Gasteiger partial charge on any atom is -0.490 e. The molecule has 1 heterocycles. The fourth-order valence-corrected chi connectivity index (χ4v) is 3.04. The summed E-state index contributed by atoms with van der Waals surface area (Å²) in [5.74, 6) is -0.229. The third-order valence-corrected chi connectivity index (χ3v) is 4.48. The quantitative estimate of drug-likeness (QED) is 0.405. The van der Waals surface area contributed by atoms with Crippen LogP contribution in [0.15, 0.2) is 22.1 Å². The van der Waals surface area contributed by atoms with Crippen molar-refractivity contribution >= 4 is 29.0 Å². The number of aryl methyl sites for hydroxylation is 1. The smallest absolute Gasteiger partial charge is 0.343 e. The first-order valence-corrected chi connectivity index (χ1v) is 8.76. The van der Waals surface area contributed by atoms with Crippen molar-refractivity contribution in [1.29, 1.82) is 0 Å². The number of nitrogens with one attached hydrogen (secondary N) is 2. The van der Waals surface area contributed by atoms with E-state index >= 15 is 0 Å². The molecule has 0 saturated heterocycles.